The zero-order valence-electron chi connectivity index (χ0n) is 16.2. The molecule has 2 aromatic carbocycles. The first kappa shape index (κ1) is 21.3. The van der Waals surface area contributed by atoms with Crippen molar-refractivity contribution in [3.8, 4) is 0 Å². The lowest BCUT2D eigenvalue weighted by Crippen LogP contribution is -2.43. The van der Waals surface area contributed by atoms with Gasteiger partial charge in [-0.25, -0.2) is 0 Å². The lowest BCUT2D eigenvalue weighted by atomic mass is 10.1. The van der Waals surface area contributed by atoms with Crippen LogP contribution in [0.25, 0.3) is 0 Å². The molecule has 0 aliphatic carbocycles. The van der Waals surface area contributed by atoms with Gasteiger partial charge in [-0.05, 0) is 43.3 Å². The fourth-order valence-electron chi connectivity index (χ4n) is 2.93. The number of rotatable bonds is 5. The van der Waals surface area contributed by atoms with Gasteiger partial charge < -0.3 is 9.64 Å². The van der Waals surface area contributed by atoms with Crippen molar-refractivity contribution >= 4 is 41.0 Å². The summed E-state index contributed by atoms with van der Waals surface area (Å²) in [5, 5.41) is 0.480. The second-order valence-electron chi connectivity index (χ2n) is 6.86. The summed E-state index contributed by atoms with van der Waals surface area (Å²) in [6.45, 7) is 1.56. The van der Waals surface area contributed by atoms with Crippen molar-refractivity contribution < 1.29 is 23.9 Å². The van der Waals surface area contributed by atoms with Gasteiger partial charge in [0.2, 0.25) is 5.91 Å². The molecule has 1 aliphatic heterocycles. The average Bonchev–Trinajstić information content (AvgIpc) is 3.13. The molecule has 30 heavy (non-hydrogen) atoms. The van der Waals surface area contributed by atoms with Crippen molar-refractivity contribution in [2.75, 3.05) is 18.1 Å². The van der Waals surface area contributed by atoms with E-state index in [2.05, 4.69) is 10.9 Å². The summed E-state index contributed by atoms with van der Waals surface area (Å²) < 4.78 is 4.99. The van der Waals surface area contributed by atoms with E-state index in [1.165, 1.54) is 17.0 Å². The van der Waals surface area contributed by atoms with Crippen molar-refractivity contribution in [2.45, 2.75) is 13.3 Å². The Morgan fingerprint density at radius 2 is 1.73 bits per heavy atom. The summed E-state index contributed by atoms with van der Waals surface area (Å²) in [6.07, 6.45) is 0.0155. The number of carbonyl (C=O) groups excluding carboxylic acids is 4. The van der Waals surface area contributed by atoms with Gasteiger partial charge in [0.05, 0.1) is 5.92 Å². The smallest absolute Gasteiger partial charge is 0.311 e. The number of amides is 3. The molecule has 0 aromatic heterocycles. The molecule has 1 heterocycles. The fraction of sp³-hybridized carbons (Fsp3) is 0.238. The maximum atomic E-state index is 12.2. The van der Waals surface area contributed by atoms with Crippen molar-refractivity contribution in [3.05, 3.63) is 64.7 Å². The Balaban J connectivity index is 1.44. The van der Waals surface area contributed by atoms with Crippen molar-refractivity contribution in [1.29, 1.82) is 0 Å². The van der Waals surface area contributed by atoms with E-state index in [0.717, 1.165) is 5.56 Å². The number of anilines is 1. The maximum absolute atomic E-state index is 12.2. The van der Waals surface area contributed by atoms with Crippen LogP contribution in [0.3, 0.4) is 0 Å². The number of esters is 1. The lowest BCUT2D eigenvalue weighted by Gasteiger charge is -2.16. The molecule has 0 spiro atoms. The molecule has 1 aliphatic rings. The Morgan fingerprint density at radius 1 is 1.07 bits per heavy atom. The Hall–Kier alpha value is -3.39. The molecule has 0 bridgehead atoms. The molecule has 3 amide bonds. The normalized spacial score (nSPS) is 15.6. The quantitative estimate of drug-likeness (QED) is 0.558. The highest BCUT2D eigenvalue weighted by Crippen LogP contribution is 2.26. The Labute approximate surface area is 178 Å². The van der Waals surface area contributed by atoms with Crippen LogP contribution in [0.15, 0.2) is 48.5 Å². The van der Waals surface area contributed by atoms with E-state index in [0.29, 0.717) is 16.3 Å². The number of aryl methyl sites for hydroxylation is 1. The van der Waals surface area contributed by atoms with Gasteiger partial charge in [0, 0.05) is 29.2 Å². The molecule has 9 heteroatoms. The van der Waals surface area contributed by atoms with E-state index in [-0.39, 0.29) is 18.9 Å². The molecule has 0 radical (unpaired) electrons. The number of nitrogens with one attached hydrogen (secondary N) is 2. The highest BCUT2D eigenvalue weighted by Gasteiger charge is 2.36. The van der Waals surface area contributed by atoms with E-state index in [1.54, 1.807) is 12.1 Å². The van der Waals surface area contributed by atoms with Gasteiger partial charge in [-0.15, -0.1) is 0 Å². The van der Waals surface area contributed by atoms with Gasteiger partial charge in [0.1, 0.15) is 0 Å². The van der Waals surface area contributed by atoms with E-state index in [4.69, 9.17) is 16.3 Å². The zero-order chi connectivity index (χ0) is 21.7. The minimum absolute atomic E-state index is 0.0155. The molecule has 1 atom stereocenters. The monoisotopic (exact) mass is 429 g/mol. The maximum Gasteiger partial charge on any atom is 0.311 e. The summed E-state index contributed by atoms with van der Waals surface area (Å²) in [4.78, 5) is 49.7. The predicted molar refractivity (Wildman–Crippen MR) is 110 cm³/mol. The number of hydrogen-bond acceptors (Lipinski definition) is 5. The lowest BCUT2D eigenvalue weighted by molar-refractivity contribution is -0.152. The number of benzene rings is 2. The molecule has 8 nitrogen and oxygen atoms in total. The highest BCUT2D eigenvalue weighted by molar-refractivity contribution is 6.30. The molecule has 0 unspecified atom stereocenters. The molecule has 2 aromatic rings. The van der Waals surface area contributed by atoms with Crippen LogP contribution in [0.5, 0.6) is 0 Å². The first-order valence-electron chi connectivity index (χ1n) is 9.22. The highest BCUT2D eigenvalue weighted by atomic mass is 35.5. The summed E-state index contributed by atoms with van der Waals surface area (Å²) >= 11 is 5.75. The SMILES string of the molecule is Cc1ccc(N2C[C@@H](C(=O)OCC(=O)NNC(=O)c3ccc(Cl)cc3)CC2=O)cc1. The summed E-state index contributed by atoms with van der Waals surface area (Å²) in [7, 11) is 0. The van der Waals surface area contributed by atoms with Crippen LogP contribution in [-0.4, -0.2) is 36.8 Å². The second kappa shape index (κ2) is 9.41. The Morgan fingerprint density at radius 3 is 2.40 bits per heavy atom. The van der Waals surface area contributed by atoms with E-state index < -0.39 is 30.3 Å². The topological polar surface area (TPSA) is 105 Å². The molecule has 1 fully saturated rings. The Bertz CT molecular complexity index is 960. The van der Waals surface area contributed by atoms with Crippen LogP contribution in [0.2, 0.25) is 5.02 Å². The second-order valence-corrected chi connectivity index (χ2v) is 7.29. The van der Waals surface area contributed by atoms with Crippen molar-refractivity contribution in [1.82, 2.24) is 10.9 Å². The molecule has 3 rings (SSSR count). The Kier molecular flexibility index (Phi) is 6.68. The zero-order valence-corrected chi connectivity index (χ0v) is 16.9. The van der Waals surface area contributed by atoms with Gasteiger partial charge in [-0.3, -0.25) is 30.0 Å². The van der Waals surface area contributed by atoms with Crippen LogP contribution >= 0.6 is 11.6 Å². The third kappa shape index (κ3) is 5.36. The number of hydrazine groups is 1. The van der Waals surface area contributed by atoms with Crippen LogP contribution in [0, 0.1) is 12.8 Å². The minimum atomic E-state index is -0.703. The molecule has 0 saturated carbocycles. The molecule has 156 valence electrons. The van der Waals surface area contributed by atoms with Crippen LogP contribution in [-0.2, 0) is 19.1 Å². The van der Waals surface area contributed by atoms with Gasteiger partial charge in [0.15, 0.2) is 6.61 Å². The average molecular weight is 430 g/mol. The molecular weight excluding hydrogens is 410 g/mol. The first-order valence-corrected chi connectivity index (χ1v) is 9.59. The van der Waals surface area contributed by atoms with Gasteiger partial charge in [-0.1, -0.05) is 29.3 Å². The largest absolute Gasteiger partial charge is 0.455 e. The number of halogens is 1. The van der Waals surface area contributed by atoms with Gasteiger partial charge in [-0.2, -0.15) is 0 Å². The summed E-state index contributed by atoms with van der Waals surface area (Å²) in [5.74, 6) is -2.72. The van der Waals surface area contributed by atoms with E-state index in [1.807, 2.05) is 31.2 Å². The number of nitrogens with zero attached hydrogens (tertiary/aromatic N) is 1. The first-order chi connectivity index (χ1) is 14.3. The van der Waals surface area contributed by atoms with E-state index in [9.17, 15) is 19.2 Å². The van der Waals surface area contributed by atoms with Gasteiger partial charge in [0.25, 0.3) is 11.8 Å². The van der Waals surface area contributed by atoms with Crippen LogP contribution in [0.1, 0.15) is 22.3 Å². The minimum Gasteiger partial charge on any atom is -0.455 e. The number of ether oxygens (including phenoxy) is 1. The van der Waals surface area contributed by atoms with Gasteiger partial charge >= 0.3 is 5.97 Å². The predicted octanol–water partition coefficient (Wildman–Crippen LogP) is 2.01. The fourth-order valence-corrected chi connectivity index (χ4v) is 3.06. The summed E-state index contributed by atoms with van der Waals surface area (Å²) in [5.41, 5.74) is 6.46. The third-order valence-electron chi connectivity index (χ3n) is 4.57. The van der Waals surface area contributed by atoms with Crippen LogP contribution in [0.4, 0.5) is 5.69 Å². The van der Waals surface area contributed by atoms with Crippen molar-refractivity contribution in [2.24, 2.45) is 5.92 Å². The molecular formula is C21H20ClN3O5. The van der Waals surface area contributed by atoms with Crippen molar-refractivity contribution in [3.63, 3.8) is 0 Å². The molecule has 1 saturated heterocycles. The standard InChI is InChI=1S/C21H20ClN3O5/c1-13-2-8-17(9-3-13)25-11-15(10-19(25)27)21(29)30-12-18(26)23-24-20(28)14-4-6-16(22)7-5-14/h2-9,15H,10-12H2,1H3,(H,23,26)(H,24,28)/t15-/m0/s1. The third-order valence-corrected chi connectivity index (χ3v) is 4.82. The van der Waals surface area contributed by atoms with E-state index >= 15 is 0 Å². The van der Waals surface area contributed by atoms with Crippen LogP contribution < -0.4 is 15.8 Å². The molecule has 2 N–H and O–H groups in total. The number of carbonyl (C=O) groups is 4. The summed E-state index contributed by atoms with van der Waals surface area (Å²) in [6, 6.07) is 13.5. The number of hydrogen-bond donors (Lipinski definition) is 2.